The minimum atomic E-state index is -1.18. The zero-order chi connectivity index (χ0) is 16.6. The van der Waals surface area contributed by atoms with Crippen molar-refractivity contribution in [2.45, 2.75) is 31.8 Å². The van der Waals surface area contributed by atoms with Crippen molar-refractivity contribution in [1.29, 1.82) is 0 Å². The summed E-state index contributed by atoms with van der Waals surface area (Å²) < 4.78 is 1.78. The average molecular weight is 334 g/mol. The van der Waals surface area contributed by atoms with Crippen molar-refractivity contribution in [3.63, 3.8) is 0 Å². The highest BCUT2D eigenvalue weighted by atomic mass is 32.2. The average Bonchev–Trinajstić information content (AvgIpc) is 3.13. The minimum Gasteiger partial charge on any atom is -0.479 e. The zero-order valence-electron chi connectivity index (χ0n) is 12.9. The van der Waals surface area contributed by atoms with Crippen LogP contribution in [0, 0.1) is 0 Å². The van der Waals surface area contributed by atoms with Gasteiger partial charge in [0.25, 0.3) is 5.91 Å². The number of nitrogens with one attached hydrogen (secondary N) is 1. The molecule has 0 radical (unpaired) electrons. The summed E-state index contributed by atoms with van der Waals surface area (Å²) in [6.07, 6.45) is 3.56. The number of aliphatic carboxylic acids is 1. The Balaban J connectivity index is 1.88. The van der Waals surface area contributed by atoms with Crippen molar-refractivity contribution >= 4 is 34.7 Å². The number of carboxylic acid groups (broad SMARTS) is 1. The van der Waals surface area contributed by atoms with E-state index in [4.69, 9.17) is 0 Å². The number of thioether (sulfide) groups is 1. The Kier molecular flexibility index (Phi) is 4.01. The van der Waals surface area contributed by atoms with Crippen LogP contribution in [0.5, 0.6) is 0 Å². The lowest BCUT2D eigenvalue weighted by Gasteiger charge is -2.24. The summed E-state index contributed by atoms with van der Waals surface area (Å²) in [6.45, 7) is 4.01. The summed E-state index contributed by atoms with van der Waals surface area (Å²) in [4.78, 5) is 28.3. The maximum absolute atomic E-state index is 12.4. The second-order valence-corrected chi connectivity index (χ2v) is 7.07. The minimum absolute atomic E-state index is 0.172. The standard InChI is InChI=1S/C15H18N4O3S/c1-9(2)19-12-10(7-17-19)5-11(6-16-12)13(20)18-15(14(21)22)3-4-23-8-15/h5-7,9H,3-4,8H2,1-2H3,(H,18,20)(H,21,22). The summed E-state index contributed by atoms with van der Waals surface area (Å²) in [6, 6.07) is 1.87. The molecule has 8 heteroatoms. The first-order chi connectivity index (χ1) is 10.9. The highest BCUT2D eigenvalue weighted by molar-refractivity contribution is 7.99. The molecule has 0 aromatic carbocycles. The number of hydrogen-bond acceptors (Lipinski definition) is 5. The third kappa shape index (κ3) is 2.78. The largest absolute Gasteiger partial charge is 0.479 e. The fraction of sp³-hybridized carbons (Fsp3) is 0.467. The Morgan fingerprint density at radius 1 is 1.43 bits per heavy atom. The molecule has 0 spiro atoms. The Labute approximate surface area is 137 Å². The number of carbonyl (C=O) groups is 2. The number of aromatic nitrogens is 3. The Morgan fingerprint density at radius 2 is 2.22 bits per heavy atom. The van der Waals surface area contributed by atoms with Crippen LogP contribution in [0.4, 0.5) is 0 Å². The molecule has 1 fully saturated rings. The van der Waals surface area contributed by atoms with Crippen molar-refractivity contribution < 1.29 is 14.7 Å². The van der Waals surface area contributed by atoms with E-state index in [1.807, 2.05) is 13.8 Å². The molecule has 2 N–H and O–H groups in total. The van der Waals surface area contributed by atoms with Gasteiger partial charge in [-0.1, -0.05) is 0 Å². The molecule has 1 amide bonds. The maximum Gasteiger partial charge on any atom is 0.330 e. The first kappa shape index (κ1) is 15.8. The molecule has 1 aliphatic rings. The first-order valence-electron chi connectivity index (χ1n) is 7.40. The SMILES string of the molecule is CC(C)n1ncc2cc(C(=O)NC3(C(=O)O)CCSC3)cnc21. The quantitative estimate of drug-likeness (QED) is 0.883. The molecule has 1 atom stereocenters. The van der Waals surface area contributed by atoms with Gasteiger partial charge in [0.2, 0.25) is 0 Å². The van der Waals surface area contributed by atoms with Gasteiger partial charge in [0.05, 0.1) is 11.8 Å². The molecule has 2 aromatic heterocycles. The van der Waals surface area contributed by atoms with E-state index < -0.39 is 17.4 Å². The lowest BCUT2D eigenvalue weighted by atomic mass is 9.98. The zero-order valence-corrected chi connectivity index (χ0v) is 13.8. The number of fused-ring (bicyclic) bond motifs is 1. The first-order valence-corrected chi connectivity index (χ1v) is 8.55. The fourth-order valence-electron chi connectivity index (χ4n) is 2.62. The number of rotatable bonds is 4. The molecule has 1 unspecified atom stereocenters. The van der Waals surface area contributed by atoms with E-state index in [2.05, 4.69) is 15.4 Å². The van der Waals surface area contributed by atoms with Crippen molar-refractivity contribution in [2.75, 3.05) is 11.5 Å². The van der Waals surface area contributed by atoms with E-state index in [-0.39, 0.29) is 6.04 Å². The predicted octanol–water partition coefficient (Wildman–Crippen LogP) is 1.70. The van der Waals surface area contributed by atoms with Gasteiger partial charge in [-0.2, -0.15) is 16.9 Å². The topological polar surface area (TPSA) is 97.1 Å². The maximum atomic E-state index is 12.4. The molecule has 0 aliphatic carbocycles. The molecule has 1 saturated heterocycles. The van der Waals surface area contributed by atoms with Crippen LogP contribution in [-0.4, -0.2) is 48.8 Å². The summed E-state index contributed by atoms with van der Waals surface area (Å²) >= 11 is 1.53. The number of pyridine rings is 1. The molecule has 3 rings (SSSR count). The molecule has 122 valence electrons. The highest BCUT2D eigenvalue weighted by Gasteiger charge is 2.43. The van der Waals surface area contributed by atoms with Crippen LogP contribution in [0.2, 0.25) is 0 Å². The summed E-state index contributed by atoms with van der Waals surface area (Å²) in [5.74, 6) is -0.292. The van der Waals surface area contributed by atoms with E-state index in [9.17, 15) is 14.7 Å². The molecular weight excluding hydrogens is 316 g/mol. The molecule has 23 heavy (non-hydrogen) atoms. The third-order valence-electron chi connectivity index (χ3n) is 3.97. The van der Waals surface area contributed by atoms with Gasteiger partial charge in [-0.15, -0.1) is 0 Å². The van der Waals surface area contributed by atoms with Crippen LogP contribution in [0.15, 0.2) is 18.5 Å². The van der Waals surface area contributed by atoms with Gasteiger partial charge in [-0.25, -0.2) is 14.5 Å². The van der Waals surface area contributed by atoms with Crippen LogP contribution in [0.25, 0.3) is 11.0 Å². The Hall–Kier alpha value is -2.09. The van der Waals surface area contributed by atoms with Crippen molar-refractivity contribution in [1.82, 2.24) is 20.1 Å². The predicted molar refractivity (Wildman–Crippen MR) is 87.7 cm³/mol. The molecule has 0 saturated carbocycles. The second-order valence-electron chi connectivity index (χ2n) is 5.96. The lowest BCUT2D eigenvalue weighted by molar-refractivity contribution is -0.143. The number of carbonyl (C=O) groups excluding carboxylic acids is 1. The second kappa shape index (κ2) is 5.84. The van der Waals surface area contributed by atoms with Crippen LogP contribution in [-0.2, 0) is 4.79 Å². The Bertz CT molecular complexity index is 765. The fourth-order valence-corrected chi connectivity index (χ4v) is 3.94. The molecule has 1 aliphatic heterocycles. The van der Waals surface area contributed by atoms with Crippen LogP contribution in [0.1, 0.15) is 36.7 Å². The molecule has 7 nitrogen and oxygen atoms in total. The lowest BCUT2D eigenvalue weighted by Crippen LogP contribution is -2.54. The highest BCUT2D eigenvalue weighted by Crippen LogP contribution is 2.28. The molecular formula is C15H18N4O3S. The van der Waals surface area contributed by atoms with Crippen LogP contribution >= 0.6 is 11.8 Å². The normalized spacial score (nSPS) is 21.0. The number of carboxylic acids is 1. The van der Waals surface area contributed by atoms with Crippen molar-refractivity contribution in [3.8, 4) is 0 Å². The Morgan fingerprint density at radius 3 is 2.83 bits per heavy atom. The van der Waals surface area contributed by atoms with Gasteiger partial charge in [-0.3, -0.25) is 4.79 Å². The van der Waals surface area contributed by atoms with Crippen molar-refractivity contribution in [3.05, 3.63) is 24.0 Å². The van der Waals surface area contributed by atoms with Gasteiger partial charge in [-0.05, 0) is 32.1 Å². The van der Waals surface area contributed by atoms with Crippen LogP contribution < -0.4 is 5.32 Å². The number of nitrogens with zero attached hydrogens (tertiary/aromatic N) is 3. The van der Waals surface area contributed by atoms with E-state index >= 15 is 0 Å². The molecule has 2 aromatic rings. The van der Waals surface area contributed by atoms with E-state index in [0.717, 1.165) is 11.1 Å². The monoisotopic (exact) mass is 334 g/mol. The molecule has 0 bridgehead atoms. The summed E-state index contributed by atoms with van der Waals surface area (Å²) in [5.41, 5.74) is -0.127. The number of hydrogen-bond donors (Lipinski definition) is 2. The summed E-state index contributed by atoms with van der Waals surface area (Å²) in [5, 5.41) is 17.1. The smallest absolute Gasteiger partial charge is 0.330 e. The van der Waals surface area contributed by atoms with Gasteiger partial charge in [0.1, 0.15) is 5.54 Å². The van der Waals surface area contributed by atoms with Gasteiger partial charge < -0.3 is 10.4 Å². The van der Waals surface area contributed by atoms with Gasteiger partial charge >= 0.3 is 5.97 Å². The van der Waals surface area contributed by atoms with Gasteiger partial charge in [0, 0.05) is 23.4 Å². The van der Waals surface area contributed by atoms with E-state index in [0.29, 0.717) is 23.4 Å². The third-order valence-corrected chi connectivity index (χ3v) is 5.16. The summed E-state index contributed by atoms with van der Waals surface area (Å²) in [7, 11) is 0. The van der Waals surface area contributed by atoms with Crippen LogP contribution in [0.3, 0.4) is 0 Å². The molecule has 3 heterocycles. The van der Waals surface area contributed by atoms with Crippen molar-refractivity contribution in [2.24, 2.45) is 0 Å². The van der Waals surface area contributed by atoms with E-state index in [1.165, 1.54) is 18.0 Å². The van der Waals surface area contributed by atoms with Gasteiger partial charge in [0.15, 0.2) is 5.65 Å². The number of amides is 1. The van der Waals surface area contributed by atoms with E-state index in [1.54, 1.807) is 16.9 Å².